The Morgan fingerprint density at radius 3 is 2.75 bits per heavy atom. The van der Waals surface area contributed by atoms with Gasteiger partial charge in [0.15, 0.2) is 17.0 Å². The number of halogens is 2. The molecular formula is C16H12Cl2N6. The van der Waals surface area contributed by atoms with Gasteiger partial charge in [-0.3, -0.25) is 0 Å². The van der Waals surface area contributed by atoms with Crippen molar-refractivity contribution >= 4 is 45.9 Å². The van der Waals surface area contributed by atoms with Gasteiger partial charge in [-0.05, 0) is 49.1 Å². The van der Waals surface area contributed by atoms with Crippen LogP contribution in [0.3, 0.4) is 0 Å². The molecule has 2 aromatic heterocycles. The summed E-state index contributed by atoms with van der Waals surface area (Å²) in [5.74, 6) is 0.495. The maximum absolute atomic E-state index is 9.07. The molecule has 1 aliphatic rings. The highest BCUT2D eigenvalue weighted by Crippen LogP contribution is 2.35. The fourth-order valence-corrected chi connectivity index (χ4v) is 3.17. The van der Waals surface area contributed by atoms with Gasteiger partial charge in [-0.1, -0.05) is 11.6 Å². The first-order valence-electron chi connectivity index (χ1n) is 7.52. The number of imidazole rings is 1. The van der Waals surface area contributed by atoms with Crippen molar-refractivity contribution in [2.24, 2.45) is 0 Å². The molecule has 120 valence electrons. The summed E-state index contributed by atoms with van der Waals surface area (Å²) in [5.41, 5.74) is 2.46. The Hall–Kier alpha value is -2.36. The maximum Gasteiger partial charge on any atom is 0.226 e. The van der Waals surface area contributed by atoms with Crippen molar-refractivity contribution in [2.75, 3.05) is 5.32 Å². The molecule has 1 aromatic carbocycles. The second-order valence-corrected chi connectivity index (χ2v) is 6.49. The molecule has 0 bridgehead atoms. The van der Waals surface area contributed by atoms with Crippen molar-refractivity contribution in [3.63, 3.8) is 0 Å². The van der Waals surface area contributed by atoms with E-state index < -0.39 is 0 Å². The zero-order chi connectivity index (χ0) is 16.7. The molecule has 8 heteroatoms. The van der Waals surface area contributed by atoms with Gasteiger partial charge in [-0.2, -0.15) is 15.2 Å². The number of nitriles is 1. The number of hydrogen-bond acceptors (Lipinski definition) is 5. The lowest BCUT2D eigenvalue weighted by atomic mass is 9.93. The number of aromatic nitrogens is 4. The summed E-state index contributed by atoms with van der Waals surface area (Å²) < 4.78 is 2.05. The highest BCUT2D eigenvalue weighted by Gasteiger charge is 2.23. The van der Waals surface area contributed by atoms with Gasteiger partial charge in [0, 0.05) is 16.8 Å². The normalized spacial score (nSPS) is 14.4. The van der Waals surface area contributed by atoms with Crippen LogP contribution in [0.1, 0.15) is 30.9 Å². The zero-order valence-electron chi connectivity index (χ0n) is 12.5. The molecule has 0 atom stereocenters. The molecule has 1 saturated carbocycles. The summed E-state index contributed by atoms with van der Waals surface area (Å²) in [6, 6.07) is 7.50. The Balaban J connectivity index is 1.78. The predicted molar refractivity (Wildman–Crippen MR) is 92.7 cm³/mol. The highest BCUT2D eigenvalue weighted by atomic mass is 35.5. The van der Waals surface area contributed by atoms with Crippen LogP contribution in [0.15, 0.2) is 24.5 Å². The Bertz CT molecular complexity index is 971. The Labute approximate surface area is 148 Å². The molecule has 0 aliphatic heterocycles. The van der Waals surface area contributed by atoms with Gasteiger partial charge in [0.1, 0.15) is 0 Å². The number of anilines is 2. The van der Waals surface area contributed by atoms with Crippen LogP contribution in [0.4, 0.5) is 11.5 Å². The molecule has 0 amide bonds. The number of benzene rings is 1. The standard InChI is InChI=1S/C16H12Cl2N6/c17-10-4-9(7-19)5-11(6-10)21-14-13-15(23-16(18)22-14)24(8-20-13)12-2-1-3-12/h4-6,8,12H,1-3H2,(H,21,22,23). The van der Waals surface area contributed by atoms with Crippen LogP contribution in [-0.4, -0.2) is 19.5 Å². The van der Waals surface area contributed by atoms with Crippen LogP contribution >= 0.6 is 23.2 Å². The van der Waals surface area contributed by atoms with Crippen molar-refractivity contribution in [1.29, 1.82) is 5.26 Å². The first kappa shape index (κ1) is 15.2. The van der Waals surface area contributed by atoms with Crippen molar-refractivity contribution in [3.8, 4) is 6.07 Å². The van der Waals surface area contributed by atoms with Crippen LogP contribution in [0.5, 0.6) is 0 Å². The van der Waals surface area contributed by atoms with Crippen LogP contribution < -0.4 is 5.32 Å². The van der Waals surface area contributed by atoms with E-state index in [-0.39, 0.29) is 5.28 Å². The van der Waals surface area contributed by atoms with Gasteiger partial charge in [0.05, 0.1) is 18.0 Å². The molecule has 24 heavy (non-hydrogen) atoms. The van der Waals surface area contributed by atoms with Crippen molar-refractivity contribution < 1.29 is 0 Å². The van der Waals surface area contributed by atoms with Crippen LogP contribution in [0.25, 0.3) is 11.2 Å². The lowest BCUT2D eigenvalue weighted by molar-refractivity contribution is 0.319. The van der Waals surface area contributed by atoms with Gasteiger partial charge in [0.25, 0.3) is 0 Å². The minimum absolute atomic E-state index is 0.147. The predicted octanol–water partition coefficient (Wildman–Crippen LogP) is 4.47. The largest absolute Gasteiger partial charge is 0.338 e. The summed E-state index contributed by atoms with van der Waals surface area (Å²) in [4.78, 5) is 13.0. The third-order valence-corrected chi connectivity index (χ3v) is 4.54. The fourth-order valence-electron chi connectivity index (χ4n) is 2.77. The van der Waals surface area contributed by atoms with Crippen LogP contribution in [0.2, 0.25) is 10.3 Å². The first-order valence-corrected chi connectivity index (χ1v) is 8.27. The number of fused-ring (bicyclic) bond motifs is 1. The fraction of sp³-hybridized carbons (Fsp3) is 0.250. The molecular weight excluding hydrogens is 347 g/mol. The summed E-state index contributed by atoms with van der Waals surface area (Å²) in [6.07, 6.45) is 5.24. The average Bonchev–Trinajstić information content (AvgIpc) is 2.88. The molecule has 1 fully saturated rings. The molecule has 0 saturated heterocycles. The van der Waals surface area contributed by atoms with E-state index in [1.165, 1.54) is 6.42 Å². The first-order chi connectivity index (χ1) is 11.6. The topological polar surface area (TPSA) is 79.4 Å². The van der Waals surface area contributed by atoms with E-state index in [1.54, 1.807) is 24.5 Å². The van der Waals surface area contributed by atoms with Crippen LogP contribution in [-0.2, 0) is 0 Å². The zero-order valence-corrected chi connectivity index (χ0v) is 14.0. The van der Waals surface area contributed by atoms with E-state index in [0.717, 1.165) is 12.8 Å². The Morgan fingerprint density at radius 2 is 2.04 bits per heavy atom. The molecule has 0 radical (unpaired) electrons. The second kappa shape index (κ2) is 5.93. The monoisotopic (exact) mass is 358 g/mol. The van der Waals surface area contributed by atoms with E-state index in [0.29, 0.717) is 39.3 Å². The quantitative estimate of drug-likeness (QED) is 0.698. The van der Waals surface area contributed by atoms with E-state index in [9.17, 15) is 0 Å². The average molecular weight is 359 g/mol. The Morgan fingerprint density at radius 1 is 1.21 bits per heavy atom. The molecule has 4 rings (SSSR count). The number of hydrogen-bond donors (Lipinski definition) is 1. The molecule has 6 nitrogen and oxygen atoms in total. The molecule has 0 unspecified atom stereocenters. The number of nitrogens with zero attached hydrogens (tertiary/aromatic N) is 5. The lowest BCUT2D eigenvalue weighted by Gasteiger charge is -2.26. The third-order valence-electron chi connectivity index (χ3n) is 4.15. The minimum atomic E-state index is 0.147. The lowest BCUT2D eigenvalue weighted by Crippen LogP contribution is -2.16. The molecule has 1 aliphatic carbocycles. The van der Waals surface area contributed by atoms with Crippen molar-refractivity contribution in [1.82, 2.24) is 19.5 Å². The third kappa shape index (κ3) is 2.66. The highest BCUT2D eigenvalue weighted by molar-refractivity contribution is 6.31. The summed E-state index contributed by atoms with van der Waals surface area (Å²) >= 11 is 12.1. The van der Waals surface area contributed by atoms with E-state index in [4.69, 9.17) is 28.5 Å². The smallest absolute Gasteiger partial charge is 0.226 e. The minimum Gasteiger partial charge on any atom is -0.338 e. The molecule has 3 aromatic rings. The van der Waals surface area contributed by atoms with Gasteiger partial charge < -0.3 is 9.88 Å². The summed E-state index contributed by atoms with van der Waals surface area (Å²) in [5, 5.41) is 12.8. The van der Waals surface area contributed by atoms with Gasteiger partial charge >= 0.3 is 0 Å². The van der Waals surface area contributed by atoms with E-state index in [2.05, 4.69) is 30.9 Å². The van der Waals surface area contributed by atoms with Crippen LogP contribution in [0, 0.1) is 11.3 Å². The molecule has 0 spiro atoms. The Kier molecular flexibility index (Phi) is 3.75. The van der Waals surface area contributed by atoms with Gasteiger partial charge in [-0.25, -0.2) is 4.98 Å². The number of nitrogens with one attached hydrogen (secondary N) is 1. The SMILES string of the molecule is N#Cc1cc(Cl)cc(Nc2nc(Cl)nc3c2ncn3C2CCC2)c1. The van der Waals surface area contributed by atoms with Crippen molar-refractivity contribution in [3.05, 3.63) is 40.4 Å². The summed E-state index contributed by atoms with van der Waals surface area (Å²) in [7, 11) is 0. The van der Waals surface area contributed by atoms with E-state index >= 15 is 0 Å². The van der Waals surface area contributed by atoms with E-state index in [1.807, 2.05) is 0 Å². The second-order valence-electron chi connectivity index (χ2n) is 5.72. The van der Waals surface area contributed by atoms with Gasteiger partial charge in [-0.15, -0.1) is 0 Å². The van der Waals surface area contributed by atoms with Crippen molar-refractivity contribution in [2.45, 2.75) is 25.3 Å². The van der Waals surface area contributed by atoms with Gasteiger partial charge in [0.2, 0.25) is 5.28 Å². The number of rotatable bonds is 3. The molecule has 1 N–H and O–H groups in total. The molecule has 2 heterocycles. The maximum atomic E-state index is 9.07. The summed E-state index contributed by atoms with van der Waals surface area (Å²) in [6.45, 7) is 0.